The van der Waals surface area contributed by atoms with Crippen LogP contribution in [0.15, 0.2) is 34.9 Å². The summed E-state index contributed by atoms with van der Waals surface area (Å²) >= 11 is 0. The van der Waals surface area contributed by atoms with Crippen LogP contribution < -0.4 is 0 Å². The van der Waals surface area contributed by atoms with E-state index in [-0.39, 0.29) is 5.41 Å². The number of aromatic nitrogens is 2. The molecule has 6 nitrogen and oxygen atoms in total. The normalized spacial score (nSPS) is 22.6. The number of hydrogen-bond acceptors (Lipinski definition) is 5. The van der Waals surface area contributed by atoms with Gasteiger partial charge in [-0.1, -0.05) is 35.5 Å². The first-order chi connectivity index (χ1) is 14.2. The SMILES string of the molecule is O=C(N1CCC(Cc2nc(C3CCOCC3)no2)CC1)C1(c2ccccc2)CC1. The van der Waals surface area contributed by atoms with Crippen molar-refractivity contribution in [2.24, 2.45) is 5.92 Å². The van der Waals surface area contributed by atoms with E-state index in [9.17, 15) is 4.79 Å². The van der Waals surface area contributed by atoms with Crippen LogP contribution in [0.4, 0.5) is 0 Å². The predicted molar refractivity (Wildman–Crippen MR) is 107 cm³/mol. The minimum absolute atomic E-state index is 0.251. The summed E-state index contributed by atoms with van der Waals surface area (Å²) in [7, 11) is 0. The van der Waals surface area contributed by atoms with Gasteiger partial charge in [-0.25, -0.2) is 0 Å². The van der Waals surface area contributed by atoms with Gasteiger partial charge in [-0.2, -0.15) is 4.98 Å². The van der Waals surface area contributed by atoms with Gasteiger partial charge in [-0.05, 0) is 50.0 Å². The Kier molecular flexibility index (Phi) is 5.12. The van der Waals surface area contributed by atoms with Crippen molar-refractivity contribution in [3.63, 3.8) is 0 Å². The molecule has 6 heteroatoms. The maximum absolute atomic E-state index is 13.2. The van der Waals surface area contributed by atoms with Crippen LogP contribution in [0.3, 0.4) is 0 Å². The van der Waals surface area contributed by atoms with Crippen LogP contribution in [-0.4, -0.2) is 47.3 Å². The molecule has 1 aromatic heterocycles. The van der Waals surface area contributed by atoms with Crippen molar-refractivity contribution in [1.29, 1.82) is 0 Å². The Labute approximate surface area is 171 Å². The Morgan fingerprint density at radius 1 is 1.07 bits per heavy atom. The lowest BCUT2D eigenvalue weighted by molar-refractivity contribution is -0.135. The van der Waals surface area contributed by atoms with Gasteiger partial charge in [0.25, 0.3) is 0 Å². The van der Waals surface area contributed by atoms with E-state index >= 15 is 0 Å². The first-order valence-corrected chi connectivity index (χ1v) is 11.0. The van der Waals surface area contributed by atoms with Crippen molar-refractivity contribution in [3.05, 3.63) is 47.6 Å². The summed E-state index contributed by atoms with van der Waals surface area (Å²) < 4.78 is 11.0. The van der Waals surface area contributed by atoms with Crippen LogP contribution in [0, 0.1) is 5.92 Å². The zero-order valence-electron chi connectivity index (χ0n) is 16.9. The average molecular weight is 396 g/mol. The highest BCUT2D eigenvalue weighted by molar-refractivity contribution is 5.91. The van der Waals surface area contributed by atoms with Crippen LogP contribution in [0.1, 0.15) is 61.7 Å². The Bertz CT molecular complexity index is 832. The molecule has 0 atom stereocenters. The Morgan fingerprint density at radius 3 is 2.48 bits per heavy atom. The summed E-state index contributed by atoms with van der Waals surface area (Å²) in [4.78, 5) is 19.9. The summed E-state index contributed by atoms with van der Waals surface area (Å²) in [6.07, 6.45) is 6.74. The largest absolute Gasteiger partial charge is 0.381 e. The summed E-state index contributed by atoms with van der Waals surface area (Å²) in [5.74, 6) is 2.79. The number of carbonyl (C=O) groups excluding carboxylic acids is 1. The molecule has 154 valence electrons. The third-order valence-electron chi connectivity index (χ3n) is 6.92. The van der Waals surface area contributed by atoms with Crippen LogP contribution in [0.5, 0.6) is 0 Å². The topological polar surface area (TPSA) is 68.5 Å². The minimum atomic E-state index is -0.251. The van der Waals surface area contributed by atoms with Crippen molar-refractivity contribution < 1.29 is 14.1 Å². The van der Waals surface area contributed by atoms with Crippen molar-refractivity contribution in [1.82, 2.24) is 15.0 Å². The molecule has 3 heterocycles. The van der Waals surface area contributed by atoms with E-state index in [0.717, 1.165) is 83.0 Å². The lowest BCUT2D eigenvalue weighted by atomic mass is 9.90. The van der Waals surface area contributed by atoms with E-state index in [4.69, 9.17) is 9.26 Å². The van der Waals surface area contributed by atoms with E-state index in [2.05, 4.69) is 27.2 Å². The third kappa shape index (κ3) is 3.82. The van der Waals surface area contributed by atoms with Gasteiger partial charge in [0.2, 0.25) is 11.8 Å². The molecule has 2 aromatic rings. The molecule has 0 spiro atoms. The summed E-state index contributed by atoms with van der Waals surface area (Å²) in [5.41, 5.74) is 0.928. The first-order valence-electron chi connectivity index (χ1n) is 11.0. The van der Waals surface area contributed by atoms with Crippen molar-refractivity contribution in [3.8, 4) is 0 Å². The third-order valence-corrected chi connectivity index (χ3v) is 6.92. The second-order valence-corrected chi connectivity index (χ2v) is 8.82. The monoisotopic (exact) mass is 395 g/mol. The molecule has 2 saturated heterocycles. The number of hydrogen-bond donors (Lipinski definition) is 0. The lowest BCUT2D eigenvalue weighted by Gasteiger charge is -2.34. The van der Waals surface area contributed by atoms with Gasteiger partial charge in [0, 0.05) is 38.6 Å². The molecule has 1 amide bonds. The van der Waals surface area contributed by atoms with E-state index in [0.29, 0.717) is 17.7 Å². The summed E-state index contributed by atoms with van der Waals surface area (Å²) in [5, 5.41) is 4.22. The maximum atomic E-state index is 13.2. The zero-order valence-corrected chi connectivity index (χ0v) is 16.9. The van der Waals surface area contributed by atoms with Gasteiger partial charge in [0.1, 0.15) is 0 Å². The van der Waals surface area contributed by atoms with E-state index in [1.54, 1.807) is 0 Å². The van der Waals surface area contributed by atoms with E-state index in [1.165, 1.54) is 5.56 Å². The Balaban J connectivity index is 1.15. The highest BCUT2D eigenvalue weighted by atomic mass is 16.5. The van der Waals surface area contributed by atoms with Crippen LogP contribution >= 0.6 is 0 Å². The maximum Gasteiger partial charge on any atom is 0.233 e. The zero-order chi connectivity index (χ0) is 19.7. The Hall–Kier alpha value is -2.21. The fourth-order valence-corrected chi connectivity index (χ4v) is 4.87. The molecule has 0 radical (unpaired) electrons. The van der Waals surface area contributed by atoms with Crippen molar-refractivity contribution >= 4 is 5.91 Å². The second-order valence-electron chi connectivity index (χ2n) is 8.82. The standard InChI is InChI=1S/C23H29N3O3/c27-22(23(10-11-23)19-4-2-1-3-5-19)26-12-6-17(7-13-26)16-20-24-21(25-29-20)18-8-14-28-15-9-18/h1-5,17-18H,6-16H2. The lowest BCUT2D eigenvalue weighted by Crippen LogP contribution is -2.44. The molecular weight excluding hydrogens is 366 g/mol. The fraction of sp³-hybridized carbons (Fsp3) is 0.609. The van der Waals surface area contributed by atoms with E-state index in [1.807, 2.05) is 18.2 Å². The quantitative estimate of drug-likeness (QED) is 0.775. The molecule has 3 fully saturated rings. The van der Waals surface area contributed by atoms with E-state index < -0.39 is 0 Å². The molecule has 1 aromatic carbocycles. The van der Waals surface area contributed by atoms with Gasteiger partial charge >= 0.3 is 0 Å². The van der Waals surface area contributed by atoms with Gasteiger partial charge in [-0.3, -0.25) is 4.79 Å². The summed E-state index contributed by atoms with van der Waals surface area (Å²) in [6.45, 7) is 3.23. The number of rotatable bonds is 5. The predicted octanol–water partition coefficient (Wildman–Crippen LogP) is 3.48. The number of piperidine rings is 1. The fourth-order valence-electron chi connectivity index (χ4n) is 4.87. The molecule has 5 rings (SSSR count). The molecule has 0 bridgehead atoms. The molecule has 1 aliphatic carbocycles. The number of ether oxygens (including phenoxy) is 1. The smallest absolute Gasteiger partial charge is 0.233 e. The molecule has 0 N–H and O–H groups in total. The molecule has 1 saturated carbocycles. The van der Waals surface area contributed by atoms with Gasteiger partial charge in [0.05, 0.1) is 5.41 Å². The second kappa shape index (κ2) is 7.90. The van der Waals surface area contributed by atoms with Gasteiger partial charge in [-0.15, -0.1) is 0 Å². The Morgan fingerprint density at radius 2 is 1.79 bits per heavy atom. The van der Waals surface area contributed by atoms with Crippen molar-refractivity contribution in [2.45, 2.75) is 56.3 Å². The number of nitrogens with zero attached hydrogens (tertiary/aromatic N) is 3. The van der Waals surface area contributed by atoms with Crippen molar-refractivity contribution in [2.75, 3.05) is 26.3 Å². The van der Waals surface area contributed by atoms with Gasteiger partial charge in [0.15, 0.2) is 5.82 Å². The van der Waals surface area contributed by atoms with Crippen LogP contribution in [0.2, 0.25) is 0 Å². The number of amides is 1. The molecule has 3 aliphatic rings. The number of benzene rings is 1. The number of carbonyl (C=O) groups is 1. The molecule has 29 heavy (non-hydrogen) atoms. The highest BCUT2D eigenvalue weighted by Gasteiger charge is 2.53. The van der Waals surface area contributed by atoms with Crippen LogP contribution in [-0.2, 0) is 21.4 Å². The minimum Gasteiger partial charge on any atom is -0.381 e. The highest BCUT2D eigenvalue weighted by Crippen LogP contribution is 2.50. The molecule has 0 unspecified atom stereocenters. The average Bonchev–Trinajstić information content (AvgIpc) is 3.47. The first kappa shape index (κ1) is 18.8. The van der Waals surface area contributed by atoms with Gasteiger partial charge < -0.3 is 14.2 Å². The number of likely N-dealkylation sites (tertiary alicyclic amines) is 1. The summed E-state index contributed by atoms with van der Waals surface area (Å²) in [6, 6.07) is 10.3. The van der Waals surface area contributed by atoms with Crippen LogP contribution in [0.25, 0.3) is 0 Å². The molecule has 2 aliphatic heterocycles. The molecular formula is C23H29N3O3.